The molecule has 6 nitrogen and oxygen atoms in total. The van der Waals surface area contributed by atoms with E-state index in [0.29, 0.717) is 12.2 Å². The van der Waals surface area contributed by atoms with Crippen molar-refractivity contribution in [1.82, 2.24) is 14.8 Å². The Hall–Kier alpha value is -4.14. The van der Waals surface area contributed by atoms with Crippen LogP contribution in [0.15, 0.2) is 79.8 Å². The van der Waals surface area contributed by atoms with Crippen molar-refractivity contribution in [2.45, 2.75) is 12.7 Å². The summed E-state index contributed by atoms with van der Waals surface area (Å²) in [5, 5.41) is 10.3. The fraction of sp³-hybridized carbons (Fsp3) is 0.0870. The minimum absolute atomic E-state index is 0.0447. The number of benzene rings is 2. The quantitative estimate of drug-likeness (QED) is 0.379. The molecule has 2 heterocycles. The topological polar surface area (TPSA) is 71.8 Å². The molecule has 0 saturated carbocycles. The second-order valence-electron chi connectivity index (χ2n) is 6.97. The van der Waals surface area contributed by atoms with E-state index in [1.54, 1.807) is 41.5 Å². The van der Waals surface area contributed by atoms with Crippen molar-refractivity contribution >= 4 is 28.3 Å². The third kappa shape index (κ3) is 4.46. The number of carbonyl (C=O) groups is 1. The van der Waals surface area contributed by atoms with Gasteiger partial charge in [-0.05, 0) is 35.9 Å². The zero-order chi connectivity index (χ0) is 22.7. The Bertz CT molecular complexity index is 1280. The highest BCUT2D eigenvalue weighted by molar-refractivity contribution is 6.00. The van der Waals surface area contributed by atoms with E-state index >= 15 is 0 Å². The van der Waals surface area contributed by atoms with E-state index in [9.17, 15) is 18.0 Å². The van der Waals surface area contributed by atoms with Gasteiger partial charge in [0.2, 0.25) is 0 Å². The van der Waals surface area contributed by atoms with Gasteiger partial charge in [0.15, 0.2) is 0 Å². The number of halogens is 3. The van der Waals surface area contributed by atoms with Crippen molar-refractivity contribution in [3.63, 3.8) is 0 Å². The Morgan fingerprint density at radius 2 is 1.78 bits per heavy atom. The summed E-state index contributed by atoms with van der Waals surface area (Å²) in [7, 11) is 0. The Labute approximate surface area is 181 Å². The van der Waals surface area contributed by atoms with Gasteiger partial charge in [-0.25, -0.2) is 4.79 Å². The fourth-order valence-corrected chi connectivity index (χ4v) is 3.29. The summed E-state index contributed by atoms with van der Waals surface area (Å²) in [5.74, 6) is 0. The van der Waals surface area contributed by atoms with Crippen molar-refractivity contribution in [2.75, 3.05) is 10.6 Å². The number of amides is 2. The zero-order valence-corrected chi connectivity index (χ0v) is 16.7. The lowest BCUT2D eigenvalue weighted by Gasteiger charge is -2.11. The second-order valence-corrected chi connectivity index (χ2v) is 6.97. The van der Waals surface area contributed by atoms with E-state index in [1.807, 2.05) is 12.1 Å². The summed E-state index contributed by atoms with van der Waals surface area (Å²) >= 11 is 0. The number of hydrogen-bond acceptors (Lipinski definition) is 3. The van der Waals surface area contributed by atoms with Gasteiger partial charge >= 0.3 is 12.2 Å². The minimum atomic E-state index is -4.48. The molecule has 0 unspecified atom stereocenters. The number of hydrogen-bond donors (Lipinski definition) is 2. The Kier molecular flexibility index (Phi) is 5.63. The van der Waals surface area contributed by atoms with Gasteiger partial charge in [0, 0.05) is 28.5 Å². The molecule has 0 aliphatic heterocycles. The first-order chi connectivity index (χ1) is 15.3. The Morgan fingerprint density at radius 1 is 1.03 bits per heavy atom. The highest BCUT2D eigenvalue weighted by Gasteiger charge is 2.30. The second kappa shape index (κ2) is 8.54. The number of carbonyl (C=O) groups excluding carboxylic acids is 1. The number of nitrogens with one attached hydrogen (secondary N) is 2. The van der Waals surface area contributed by atoms with Crippen molar-refractivity contribution < 1.29 is 18.0 Å². The highest BCUT2D eigenvalue weighted by Crippen LogP contribution is 2.31. The van der Waals surface area contributed by atoms with Crippen LogP contribution >= 0.6 is 0 Å². The fourth-order valence-electron chi connectivity index (χ4n) is 3.29. The van der Waals surface area contributed by atoms with Crippen molar-refractivity contribution in [3.05, 3.63) is 85.3 Å². The van der Waals surface area contributed by atoms with Gasteiger partial charge in [-0.2, -0.15) is 18.3 Å². The number of anilines is 2. The van der Waals surface area contributed by atoms with Crippen LogP contribution in [0.5, 0.6) is 0 Å². The molecule has 4 aromatic rings. The van der Waals surface area contributed by atoms with Crippen LogP contribution in [0.25, 0.3) is 22.0 Å². The molecule has 0 spiro atoms. The highest BCUT2D eigenvalue weighted by atomic mass is 19.4. The predicted molar refractivity (Wildman–Crippen MR) is 117 cm³/mol. The standard InChI is InChI=1S/C23H18F3N5O/c1-2-10-31-21-14-27-12-19(20(21)13-28-31)15-6-8-17(9-7-15)29-22(32)30-18-5-3-4-16(11-18)23(24,25)26/h2-9,11-14H,1,10H2,(H2,29,30,32). The first kappa shape index (κ1) is 21.1. The molecule has 2 amide bonds. The third-order valence-electron chi connectivity index (χ3n) is 4.77. The van der Waals surface area contributed by atoms with E-state index < -0.39 is 17.8 Å². The number of urea groups is 1. The summed E-state index contributed by atoms with van der Waals surface area (Å²) in [6.07, 6.45) is 2.52. The van der Waals surface area contributed by atoms with Crippen LogP contribution in [-0.2, 0) is 12.7 Å². The summed E-state index contributed by atoms with van der Waals surface area (Å²) < 4.78 is 40.3. The number of fused-ring (bicyclic) bond motifs is 1. The summed E-state index contributed by atoms with van der Waals surface area (Å²) in [6, 6.07) is 10.8. The lowest BCUT2D eigenvalue weighted by molar-refractivity contribution is -0.137. The molecular formula is C23H18F3N5O. The molecule has 0 radical (unpaired) electrons. The molecule has 4 rings (SSSR count). The van der Waals surface area contributed by atoms with Crippen LogP contribution in [0.2, 0.25) is 0 Å². The molecule has 0 aliphatic rings. The van der Waals surface area contributed by atoms with Crippen molar-refractivity contribution in [1.29, 1.82) is 0 Å². The van der Waals surface area contributed by atoms with Gasteiger partial charge in [-0.3, -0.25) is 9.67 Å². The average molecular weight is 437 g/mol. The number of nitrogens with zero attached hydrogens (tertiary/aromatic N) is 3. The molecular weight excluding hydrogens is 419 g/mol. The number of allylic oxidation sites excluding steroid dienone is 1. The SMILES string of the molecule is C=CCn1ncc2c(-c3ccc(NC(=O)Nc4cccc(C(F)(F)F)c4)cc3)cncc21. The number of aromatic nitrogens is 3. The Morgan fingerprint density at radius 3 is 2.50 bits per heavy atom. The van der Waals surface area contributed by atoms with Crippen LogP contribution in [0.1, 0.15) is 5.56 Å². The van der Waals surface area contributed by atoms with Gasteiger partial charge in [0.05, 0.1) is 30.0 Å². The molecule has 0 aliphatic carbocycles. The molecule has 32 heavy (non-hydrogen) atoms. The largest absolute Gasteiger partial charge is 0.416 e. The first-order valence-electron chi connectivity index (χ1n) is 9.61. The molecule has 2 aromatic heterocycles. The molecule has 0 saturated heterocycles. The molecule has 9 heteroatoms. The maximum absolute atomic E-state index is 12.8. The van der Waals surface area contributed by atoms with Gasteiger partial charge in [-0.1, -0.05) is 24.3 Å². The van der Waals surface area contributed by atoms with Crippen LogP contribution in [-0.4, -0.2) is 20.8 Å². The predicted octanol–water partition coefficient (Wildman–Crippen LogP) is 5.95. The van der Waals surface area contributed by atoms with Gasteiger partial charge in [0.1, 0.15) is 0 Å². The summed E-state index contributed by atoms with van der Waals surface area (Å²) in [4.78, 5) is 16.5. The minimum Gasteiger partial charge on any atom is -0.308 e. The van der Waals surface area contributed by atoms with Gasteiger partial charge in [-0.15, -0.1) is 6.58 Å². The number of rotatable bonds is 5. The molecule has 0 fully saturated rings. The molecule has 0 atom stereocenters. The number of pyridine rings is 1. The van der Waals surface area contributed by atoms with Crippen LogP contribution < -0.4 is 10.6 Å². The molecule has 2 aromatic carbocycles. The van der Waals surface area contributed by atoms with E-state index in [0.717, 1.165) is 34.2 Å². The first-order valence-corrected chi connectivity index (χ1v) is 9.61. The lowest BCUT2D eigenvalue weighted by atomic mass is 10.0. The van der Waals surface area contributed by atoms with E-state index in [4.69, 9.17) is 0 Å². The number of alkyl halides is 3. The van der Waals surface area contributed by atoms with Crippen molar-refractivity contribution in [2.24, 2.45) is 0 Å². The average Bonchev–Trinajstić information content (AvgIpc) is 3.17. The molecule has 2 N–H and O–H groups in total. The summed E-state index contributed by atoms with van der Waals surface area (Å²) in [5.41, 5.74) is 2.34. The molecule has 0 bridgehead atoms. The van der Waals surface area contributed by atoms with Crippen LogP contribution in [0.4, 0.5) is 29.3 Å². The molecule has 162 valence electrons. The van der Waals surface area contributed by atoms with Gasteiger partial charge in [0.25, 0.3) is 0 Å². The van der Waals surface area contributed by atoms with Crippen LogP contribution in [0.3, 0.4) is 0 Å². The normalized spacial score (nSPS) is 11.3. The maximum Gasteiger partial charge on any atom is 0.416 e. The zero-order valence-electron chi connectivity index (χ0n) is 16.7. The van der Waals surface area contributed by atoms with Crippen LogP contribution in [0, 0.1) is 0 Å². The summed E-state index contributed by atoms with van der Waals surface area (Å²) in [6.45, 7) is 4.29. The monoisotopic (exact) mass is 437 g/mol. The third-order valence-corrected chi connectivity index (χ3v) is 4.77. The van der Waals surface area contributed by atoms with E-state index in [2.05, 4.69) is 27.3 Å². The smallest absolute Gasteiger partial charge is 0.308 e. The maximum atomic E-state index is 12.8. The van der Waals surface area contributed by atoms with E-state index in [1.165, 1.54) is 12.1 Å². The van der Waals surface area contributed by atoms with E-state index in [-0.39, 0.29) is 5.69 Å². The Balaban J connectivity index is 1.48. The van der Waals surface area contributed by atoms with Gasteiger partial charge < -0.3 is 10.6 Å². The van der Waals surface area contributed by atoms with Crippen molar-refractivity contribution in [3.8, 4) is 11.1 Å². The lowest BCUT2D eigenvalue weighted by Crippen LogP contribution is -2.19.